The molecule has 1 atom stereocenters. The summed E-state index contributed by atoms with van der Waals surface area (Å²) in [5, 5.41) is 2.06. The maximum atomic E-state index is 13.6. The summed E-state index contributed by atoms with van der Waals surface area (Å²) in [6.45, 7) is 3.86. The monoisotopic (exact) mass is 863 g/mol. The molecule has 5 rings (SSSR count). The van der Waals surface area contributed by atoms with Gasteiger partial charge in [-0.1, -0.05) is 12.1 Å². The molecule has 0 saturated carbocycles. The van der Waals surface area contributed by atoms with Gasteiger partial charge in [0.25, 0.3) is 0 Å². The molecular formula is C40H54N3O14PS. The Morgan fingerprint density at radius 2 is 1.64 bits per heavy atom. The summed E-state index contributed by atoms with van der Waals surface area (Å²) < 4.78 is 49.3. The van der Waals surface area contributed by atoms with Gasteiger partial charge in [-0.25, -0.2) is 0 Å². The van der Waals surface area contributed by atoms with Crippen LogP contribution in [0.25, 0.3) is 0 Å². The summed E-state index contributed by atoms with van der Waals surface area (Å²) in [4.78, 5) is 62.4. The molecule has 3 aromatic carbocycles. The molecule has 2 aliphatic heterocycles. The van der Waals surface area contributed by atoms with E-state index in [4.69, 9.17) is 42.2 Å². The number of carbonyl (C=O) groups is 3. The molecule has 59 heavy (non-hydrogen) atoms. The molecule has 0 aromatic heterocycles. The fourth-order valence-corrected chi connectivity index (χ4v) is 8.16. The standard InChI is InChI=1S/C40H54N3O14PS/c1-4-56-58(47,48)57-22-16-41-37(44)14-20-50-24-25-51-21-15-38(45)43(18-23-52-30-11-13-34-35(27-30)55-28-54-34)17-7-19-53-33-12-10-29(49-3)26-31(33)39-40(46)42(2)32-8-5-6-9-36(32)59-39/h5-6,8-13,26-27,39,47-48,58H,4,7,14-25,28H2,1-3H3,(H,41,44). The molecule has 0 bridgehead atoms. The first-order valence-corrected chi connectivity index (χ1v) is 22.0. The number of anilines is 1. The summed E-state index contributed by atoms with van der Waals surface area (Å²) >= 11 is 1.47. The Hall–Kier alpha value is -4.39. The van der Waals surface area contributed by atoms with E-state index in [1.165, 1.54) is 11.8 Å². The Balaban J connectivity index is 1.07. The molecule has 19 heteroatoms. The first-order valence-electron chi connectivity index (χ1n) is 19.4. The van der Waals surface area contributed by atoms with Crippen LogP contribution in [-0.2, 0) is 32.9 Å². The van der Waals surface area contributed by atoms with Crippen molar-refractivity contribution >= 4 is 43.3 Å². The number of thioether (sulfide) groups is 1. The fourth-order valence-electron chi connectivity index (χ4n) is 6.03. The van der Waals surface area contributed by atoms with Crippen molar-refractivity contribution in [3.05, 3.63) is 66.2 Å². The normalized spacial score (nSPS) is 14.8. The number of para-hydroxylation sites is 1. The van der Waals surface area contributed by atoms with E-state index in [2.05, 4.69) is 5.32 Å². The van der Waals surface area contributed by atoms with E-state index >= 15 is 0 Å². The van der Waals surface area contributed by atoms with Crippen molar-refractivity contribution in [1.29, 1.82) is 0 Å². The van der Waals surface area contributed by atoms with Gasteiger partial charge in [0.15, 0.2) is 11.5 Å². The first kappa shape index (κ1) is 45.7. The van der Waals surface area contributed by atoms with Crippen LogP contribution in [0.2, 0.25) is 0 Å². The van der Waals surface area contributed by atoms with Gasteiger partial charge < -0.3 is 33.5 Å². The third kappa shape index (κ3) is 14.1. The van der Waals surface area contributed by atoms with Crippen LogP contribution in [0.5, 0.6) is 28.7 Å². The van der Waals surface area contributed by atoms with Crippen molar-refractivity contribution in [3.63, 3.8) is 0 Å². The number of carbonyl (C=O) groups excluding carboxylic acids is 3. The van der Waals surface area contributed by atoms with Crippen LogP contribution in [0.3, 0.4) is 0 Å². The summed E-state index contributed by atoms with van der Waals surface area (Å²) in [6.07, 6.45) is 0.730. The van der Waals surface area contributed by atoms with Gasteiger partial charge in [-0.2, -0.15) is 0 Å². The number of hydrogen-bond acceptors (Lipinski definition) is 15. The van der Waals surface area contributed by atoms with Crippen molar-refractivity contribution in [2.75, 3.05) is 98.3 Å². The third-order valence-electron chi connectivity index (χ3n) is 9.03. The number of nitrogens with zero attached hydrogens (tertiary/aromatic N) is 2. The number of rotatable bonds is 26. The quantitative estimate of drug-likeness (QED) is 0.0764. The van der Waals surface area contributed by atoms with Crippen molar-refractivity contribution in [2.24, 2.45) is 0 Å². The fraction of sp³-hybridized carbons (Fsp3) is 0.475. The second-order valence-electron chi connectivity index (χ2n) is 13.1. The van der Waals surface area contributed by atoms with E-state index in [0.29, 0.717) is 53.8 Å². The molecule has 324 valence electrons. The zero-order chi connectivity index (χ0) is 42.0. The number of likely N-dealkylation sites (N-methyl/N-ethyl adjacent to an activating group) is 1. The van der Waals surface area contributed by atoms with Gasteiger partial charge in [0, 0.05) is 30.1 Å². The molecule has 3 aromatic rings. The number of ether oxygens (including phenoxy) is 7. The Morgan fingerprint density at radius 3 is 2.44 bits per heavy atom. The summed E-state index contributed by atoms with van der Waals surface area (Å²) in [7, 11) is -0.793. The molecule has 3 amide bonds. The van der Waals surface area contributed by atoms with Crippen molar-refractivity contribution in [1.82, 2.24) is 10.2 Å². The van der Waals surface area contributed by atoms with Gasteiger partial charge in [-0.15, -0.1) is 11.8 Å². The van der Waals surface area contributed by atoms with Crippen LogP contribution in [0.15, 0.2) is 65.6 Å². The molecule has 3 N–H and O–H groups in total. The van der Waals surface area contributed by atoms with Gasteiger partial charge in [0.1, 0.15) is 29.1 Å². The van der Waals surface area contributed by atoms with E-state index in [-0.39, 0.29) is 96.8 Å². The molecule has 2 heterocycles. The van der Waals surface area contributed by atoms with E-state index < -0.39 is 13.4 Å². The summed E-state index contributed by atoms with van der Waals surface area (Å²) in [5.41, 5.74) is 1.57. The van der Waals surface area contributed by atoms with Crippen LogP contribution >= 0.6 is 19.9 Å². The van der Waals surface area contributed by atoms with Gasteiger partial charge >= 0.3 is 112 Å². The van der Waals surface area contributed by atoms with Gasteiger partial charge in [-0.05, 0) is 48.9 Å². The van der Waals surface area contributed by atoms with Gasteiger partial charge in [-0.3, -0.25) is 9.59 Å². The first-order chi connectivity index (χ1) is 28.6. The molecule has 2 aliphatic rings. The van der Waals surface area contributed by atoms with E-state index in [1.54, 1.807) is 55.1 Å². The van der Waals surface area contributed by atoms with Crippen molar-refractivity contribution in [2.45, 2.75) is 36.3 Å². The Bertz CT molecular complexity index is 1840. The second-order valence-corrected chi connectivity index (χ2v) is 15.9. The average molecular weight is 864 g/mol. The predicted octanol–water partition coefficient (Wildman–Crippen LogP) is 4.29. The predicted molar refractivity (Wildman–Crippen MR) is 220 cm³/mol. The third-order valence-corrected chi connectivity index (χ3v) is 11.6. The maximum absolute atomic E-state index is 13.6. The number of amides is 3. The average Bonchev–Trinajstić information content (AvgIpc) is 3.71. The van der Waals surface area contributed by atoms with Crippen LogP contribution in [-0.4, -0.2) is 126 Å². The number of nitrogens with one attached hydrogen (secondary N) is 1. The van der Waals surface area contributed by atoms with E-state index in [9.17, 15) is 24.2 Å². The molecule has 1 unspecified atom stereocenters. The molecule has 0 aliphatic carbocycles. The van der Waals surface area contributed by atoms with Crippen LogP contribution in [0.4, 0.5) is 5.69 Å². The van der Waals surface area contributed by atoms with Gasteiger partial charge in [0.2, 0.25) is 18.6 Å². The topological polar surface area (TPSA) is 193 Å². The number of benzene rings is 3. The smallest absolute Gasteiger partial charge is 0.497 e. The molecule has 17 nitrogen and oxygen atoms in total. The van der Waals surface area contributed by atoms with E-state index in [1.807, 2.05) is 36.4 Å². The van der Waals surface area contributed by atoms with Crippen LogP contribution < -0.4 is 33.9 Å². The number of methoxy groups -OCH3 is 1. The minimum absolute atomic E-state index is 0.0648. The number of hydrogen-bond donors (Lipinski definition) is 3. The van der Waals surface area contributed by atoms with Crippen molar-refractivity contribution in [3.8, 4) is 28.7 Å². The molecule has 0 spiro atoms. The molecule has 0 saturated heterocycles. The minimum atomic E-state index is -4.14. The van der Waals surface area contributed by atoms with Crippen molar-refractivity contribution < 1.29 is 66.4 Å². The Kier molecular flexibility index (Phi) is 18.1. The summed E-state index contributed by atoms with van der Waals surface area (Å²) in [5.74, 6) is 2.54. The second kappa shape index (κ2) is 23.4. The SMILES string of the molecule is CCO[PH](O)(O)OCCNC(=O)CCOCCOCCC(=O)N(CCCOc1ccc(OC)cc1C1Sc2ccccc2N(C)C1=O)CCOc1ccc2c(c1)OCO2. The van der Waals surface area contributed by atoms with E-state index in [0.717, 1.165) is 10.6 Å². The Labute approximate surface area is 348 Å². The summed E-state index contributed by atoms with van der Waals surface area (Å²) in [6, 6.07) is 18.5. The molecule has 0 radical (unpaired) electrons. The molecule has 0 fully saturated rings. The minimum Gasteiger partial charge on any atom is -0.497 e. The van der Waals surface area contributed by atoms with Crippen LogP contribution in [0, 0.1) is 0 Å². The molecular weight excluding hydrogens is 809 g/mol. The van der Waals surface area contributed by atoms with Gasteiger partial charge in [0.05, 0.1) is 32.4 Å². The number of fused-ring (bicyclic) bond motifs is 2. The Morgan fingerprint density at radius 1 is 0.881 bits per heavy atom. The zero-order valence-electron chi connectivity index (χ0n) is 33.6. The van der Waals surface area contributed by atoms with Crippen LogP contribution in [0.1, 0.15) is 37.0 Å². The zero-order valence-corrected chi connectivity index (χ0v) is 35.4.